The highest BCUT2D eigenvalue weighted by atomic mass is 79.9. The van der Waals surface area contributed by atoms with E-state index in [0.29, 0.717) is 16.3 Å². The van der Waals surface area contributed by atoms with Gasteiger partial charge < -0.3 is 5.32 Å². The van der Waals surface area contributed by atoms with Gasteiger partial charge in [-0.25, -0.2) is 4.98 Å². The molecular formula is C17H15Br2N3OS. The monoisotopic (exact) mass is 467 g/mol. The third kappa shape index (κ3) is 4.59. The number of nitrogens with zero attached hydrogens (tertiary/aromatic N) is 2. The van der Waals surface area contributed by atoms with Gasteiger partial charge in [0.15, 0.2) is 0 Å². The lowest BCUT2D eigenvalue weighted by Crippen LogP contribution is -2.23. The highest BCUT2D eigenvalue weighted by molar-refractivity contribution is 9.11. The van der Waals surface area contributed by atoms with Crippen molar-refractivity contribution >= 4 is 55.2 Å². The zero-order chi connectivity index (χ0) is 17.9. The highest BCUT2D eigenvalue weighted by Crippen LogP contribution is 2.30. The second-order valence-electron chi connectivity index (χ2n) is 5.25. The Bertz CT molecular complexity index is 833. The number of carbonyl (C=O) groups excluding carboxylic acids is 1. The molecule has 0 saturated carbocycles. The minimum atomic E-state index is -0.388. The Morgan fingerprint density at radius 3 is 2.67 bits per heavy atom. The van der Waals surface area contributed by atoms with Crippen molar-refractivity contribution in [1.29, 1.82) is 5.26 Å². The number of benzene rings is 1. The summed E-state index contributed by atoms with van der Waals surface area (Å²) in [5.74, 6) is -0.145. The number of thioether (sulfide) groups is 1. The molecule has 0 radical (unpaired) electrons. The van der Waals surface area contributed by atoms with Crippen LogP contribution in [0.15, 0.2) is 38.2 Å². The van der Waals surface area contributed by atoms with Gasteiger partial charge in [-0.1, -0.05) is 27.7 Å². The van der Waals surface area contributed by atoms with Crippen LogP contribution >= 0.6 is 43.6 Å². The maximum Gasteiger partial charge on any atom is 0.237 e. The summed E-state index contributed by atoms with van der Waals surface area (Å²) in [6, 6.07) is 9.58. The number of aryl methyl sites for hydroxylation is 2. The molecule has 1 aromatic carbocycles. The molecule has 0 bridgehead atoms. The van der Waals surface area contributed by atoms with Crippen molar-refractivity contribution in [2.45, 2.75) is 31.0 Å². The van der Waals surface area contributed by atoms with Crippen LogP contribution < -0.4 is 5.32 Å². The van der Waals surface area contributed by atoms with Crippen molar-refractivity contribution < 1.29 is 4.79 Å². The Kier molecular flexibility index (Phi) is 6.44. The van der Waals surface area contributed by atoms with Crippen molar-refractivity contribution in [2.24, 2.45) is 0 Å². The summed E-state index contributed by atoms with van der Waals surface area (Å²) in [6.07, 6.45) is 0. The van der Waals surface area contributed by atoms with Gasteiger partial charge in [-0.05, 0) is 66.5 Å². The zero-order valence-corrected chi connectivity index (χ0v) is 17.3. The molecule has 0 saturated heterocycles. The van der Waals surface area contributed by atoms with Gasteiger partial charge in [-0.3, -0.25) is 4.79 Å². The van der Waals surface area contributed by atoms with Crippen molar-refractivity contribution in [3.8, 4) is 6.07 Å². The Morgan fingerprint density at radius 2 is 2.04 bits per heavy atom. The molecule has 24 heavy (non-hydrogen) atoms. The molecule has 0 spiro atoms. The van der Waals surface area contributed by atoms with E-state index in [4.69, 9.17) is 0 Å². The van der Waals surface area contributed by atoms with Crippen LogP contribution in [0.25, 0.3) is 0 Å². The number of pyridine rings is 1. The van der Waals surface area contributed by atoms with Gasteiger partial charge in [0.25, 0.3) is 0 Å². The summed E-state index contributed by atoms with van der Waals surface area (Å²) in [6.45, 7) is 5.55. The van der Waals surface area contributed by atoms with E-state index in [0.717, 1.165) is 20.2 Å². The second kappa shape index (κ2) is 8.15. The molecular weight excluding hydrogens is 454 g/mol. The number of halogens is 2. The van der Waals surface area contributed by atoms with Crippen LogP contribution in [-0.2, 0) is 4.79 Å². The van der Waals surface area contributed by atoms with Crippen molar-refractivity contribution in [2.75, 3.05) is 5.32 Å². The van der Waals surface area contributed by atoms with Gasteiger partial charge in [0.1, 0.15) is 11.1 Å². The number of amides is 1. The van der Waals surface area contributed by atoms with Crippen molar-refractivity contribution in [1.82, 2.24) is 4.98 Å². The quantitative estimate of drug-likeness (QED) is 0.625. The number of rotatable bonds is 4. The maximum atomic E-state index is 12.4. The molecule has 1 unspecified atom stereocenters. The largest absolute Gasteiger partial charge is 0.324 e. The smallest absolute Gasteiger partial charge is 0.237 e. The Labute approximate surface area is 162 Å². The van der Waals surface area contributed by atoms with E-state index in [1.54, 1.807) is 6.92 Å². The molecule has 7 heteroatoms. The van der Waals surface area contributed by atoms with E-state index in [9.17, 15) is 10.1 Å². The molecule has 0 aliphatic rings. The second-order valence-corrected chi connectivity index (χ2v) is 8.35. The van der Waals surface area contributed by atoms with E-state index in [1.165, 1.54) is 11.8 Å². The van der Waals surface area contributed by atoms with Crippen LogP contribution in [0.3, 0.4) is 0 Å². The lowest BCUT2D eigenvalue weighted by atomic mass is 10.1. The Hall–Kier alpha value is -1.36. The summed E-state index contributed by atoms with van der Waals surface area (Å²) in [5.41, 5.74) is 2.92. The topological polar surface area (TPSA) is 65.8 Å². The van der Waals surface area contributed by atoms with E-state index >= 15 is 0 Å². The first kappa shape index (κ1) is 19.0. The highest BCUT2D eigenvalue weighted by Gasteiger charge is 2.19. The molecule has 1 N–H and O–H groups in total. The fraction of sp³-hybridized carbons (Fsp3) is 0.235. The molecule has 0 aliphatic heterocycles. The van der Waals surface area contributed by atoms with Gasteiger partial charge >= 0.3 is 0 Å². The third-order valence-electron chi connectivity index (χ3n) is 3.27. The Morgan fingerprint density at radius 1 is 1.33 bits per heavy atom. The number of nitrogens with one attached hydrogen (secondary N) is 1. The predicted octanol–water partition coefficient (Wildman–Crippen LogP) is 5.21. The van der Waals surface area contributed by atoms with Crippen LogP contribution in [0.4, 0.5) is 5.69 Å². The average Bonchev–Trinajstić information content (AvgIpc) is 2.49. The summed E-state index contributed by atoms with van der Waals surface area (Å²) in [5, 5.41) is 12.4. The van der Waals surface area contributed by atoms with Gasteiger partial charge in [-0.15, -0.1) is 0 Å². The first-order valence-electron chi connectivity index (χ1n) is 7.12. The summed E-state index contributed by atoms with van der Waals surface area (Å²) in [4.78, 5) is 16.9. The molecule has 124 valence electrons. The van der Waals surface area contributed by atoms with Crippen LogP contribution in [0, 0.1) is 25.2 Å². The normalized spacial score (nSPS) is 11.7. The van der Waals surface area contributed by atoms with Crippen molar-refractivity contribution in [3.63, 3.8) is 0 Å². The van der Waals surface area contributed by atoms with Gasteiger partial charge in [0, 0.05) is 14.6 Å². The number of hydrogen-bond donors (Lipinski definition) is 1. The van der Waals surface area contributed by atoms with E-state index < -0.39 is 0 Å². The van der Waals surface area contributed by atoms with Gasteiger partial charge in [-0.2, -0.15) is 5.26 Å². The number of hydrogen-bond acceptors (Lipinski definition) is 4. The number of aromatic nitrogens is 1. The van der Waals surface area contributed by atoms with Gasteiger partial charge in [0.2, 0.25) is 5.91 Å². The fourth-order valence-corrected chi connectivity index (χ4v) is 4.24. The standard InChI is InChI=1S/C17H15Br2N3OS/c1-9-6-10(2)21-17(13(9)8-20)24-11(3)16(23)22-15-5-4-12(18)7-14(15)19/h4-7,11H,1-3H3,(H,22,23). The molecule has 4 nitrogen and oxygen atoms in total. The molecule has 1 amide bonds. The molecule has 1 heterocycles. The summed E-state index contributed by atoms with van der Waals surface area (Å²) < 4.78 is 1.72. The van der Waals surface area contributed by atoms with Crippen LogP contribution in [0.1, 0.15) is 23.7 Å². The molecule has 1 atom stereocenters. The summed E-state index contributed by atoms with van der Waals surface area (Å²) >= 11 is 8.10. The molecule has 0 fully saturated rings. The summed E-state index contributed by atoms with van der Waals surface area (Å²) in [7, 11) is 0. The SMILES string of the molecule is Cc1cc(C)c(C#N)c(SC(C)C(=O)Nc2ccc(Br)cc2Br)n1. The fourth-order valence-electron chi connectivity index (χ4n) is 2.07. The maximum absolute atomic E-state index is 12.4. The molecule has 0 aliphatic carbocycles. The molecule has 2 aromatic rings. The van der Waals surface area contributed by atoms with Crippen LogP contribution in [0.5, 0.6) is 0 Å². The van der Waals surface area contributed by atoms with E-state index in [1.807, 2.05) is 38.1 Å². The van der Waals surface area contributed by atoms with E-state index in [2.05, 4.69) is 48.2 Å². The first-order chi connectivity index (χ1) is 11.3. The Balaban J connectivity index is 2.16. The third-order valence-corrected chi connectivity index (χ3v) is 5.51. The first-order valence-corrected chi connectivity index (χ1v) is 9.59. The minimum Gasteiger partial charge on any atom is -0.324 e. The zero-order valence-electron chi connectivity index (χ0n) is 13.4. The molecule has 1 aromatic heterocycles. The van der Waals surface area contributed by atoms with E-state index in [-0.39, 0.29) is 11.2 Å². The van der Waals surface area contributed by atoms with Crippen LogP contribution in [-0.4, -0.2) is 16.1 Å². The number of carbonyl (C=O) groups is 1. The predicted molar refractivity (Wildman–Crippen MR) is 104 cm³/mol. The van der Waals surface area contributed by atoms with Gasteiger partial charge in [0.05, 0.1) is 16.5 Å². The average molecular weight is 469 g/mol. The van der Waals surface area contributed by atoms with Crippen LogP contribution in [0.2, 0.25) is 0 Å². The molecule has 2 rings (SSSR count). The number of nitriles is 1. The lowest BCUT2D eigenvalue weighted by Gasteiger charge is -2.14. The van der Waals surface area contributed by atoms with Crippen molar-refractivity contribution in [3.05, 3.63) is 50.0 Å². The minimum absolute atomic E-state index is 0.145. The lowest BCUT2D eigenvalue weighted by molar-refractivity contribution is -0.115. The number of anilines is 1.